The lowest BCUT2D eigenvalue weighted by atomic mass is 9.93. The third-order valence-corrected chi connectivity index (χ3v) is 4.27. The van der Waals surface area contributed by atoms with Gasteiger partial charge in [0.15, 0.2) is 0 Å². The molecule has 0 saturated carbocycles. The summed E-state index contributed by atoms with van der Waals surface area (Å²) in [7, 11) is 0. The van der Waals surface area contributed by atoms with E-state index >= 15 is 0 Å². The molecule has 0 radical (unpaired) electrons. The van der Waals surface area contributed by atoms with Crippen LogP contribution in [0.4, 0.5) is 0 Å². The van der Waals surface area contributed by atoms with E-state index in [-0.39, 0.29) is 5.57 Å². The van der Waals surface area contributed by atoms with Crippen LogP contribution < -0.4 is 0 Å². The van der Waals surface area contributed by atoms with Crippen molar-refractivity contribution in [1.82, 2.24) is 0 Å². The quantitative estimate of drug-likeness (QED) is 0.290. The van der Waals surface area contributed by atoms with Crippen molar-refractivity contribution in [2.75, 3.05) is 0 Å². The molecule has 0 aromatic rings. The number of carboxylic acid groups (broad SMARTS) is 2. The van der Waals surface area contributed by atoms with Gasteiger partial charge >= 0.3 is 11.9 Å². The zero-order chi connectivity index (χ0) is 20.1. The minimum absolute atomic E-state index is 0.218. The number of allylic oxidation sites excluding steroid dienone is 5. The van der Waals surface area contributed by atoms with Gasteiger partial charge in [0.2, 0.25) is 0 Å². The summed E-state index contributed by atoms with van der Waals surface area (Å²) in [6.07, 6.45) is 10.7. The monoisotopic (exact) mass is 360 g/mol. The second-order valence-corrected chi connectivity index (χ2v) is 6.52. The molecule has 4 nitrogen and oxygen atoms in total. The summed E-state index contributed by atoms with van der Waals surface area (Å²) in [5.74, 6) is -3.54. The van der Waals surface area contributed by atoms with Crippen LogP contribution in [0.15, 0.2) is 60.8 Å². The zero-order valence-corrected chi connectivity index (χ0v) is 15.9. The molecule has 0 bridgehead atoms. The molecule has 0 rings (SSSR count). The summed E-state index contributed by atoms with van der Waals surface area (Å²) in [4.78, 5) is 21.9. The van der Waals surface area contributed by atoms with Crippen molar-refractivity contribution < 1.29 is 19.8 Å². The number of hydrogen-bond donors (Lipinski definition) is 2. The highest BCUT2D eigenvalue weighted by Crippen LogP contribution is 2.23. The molecule has 0 heterocycles. The minimum atomic E-state index is -1.21. The third kappa shape index (κ3) is 9.82. The van der Waals surface area contributed by atoms with Gasteiger partial charge < -0.3 is 10.2 Å². The lowest BCUT2D eigenvalue weighted by Gasteiger charge is -2.12. The fraction of sp³-hybridized carbons (Fsp3) is 0.455. The van der Waals surface area contributed by atoms with E-state index in [1.807, 2.05) is 0 Å². The zero-order valence-electron chi connectivity index (χ0n) is 15.9. The molecule has 1 atom stereocenters. The van der Waals surface area contributed by atoms with E-state index in [9.17, 15) is 9.59 Å². The van der Waals surface area contributed by atoms with Crippen molar-refractivity contribution >= 4 is 11.9 Å². The highest BCUT2D eigenvalue weighted by molar-refractivity contribution is 5.81. The Hall–Kier alpha value is -2.36. The Kier molecular flexibility index (Phi) is 11.8. The number of carbonyl (C=O) groups is 2. The molecule has 0 fully saturated rings. The third-order valence-electron chi connectivity index (χ3n) is 4.27. The highest BCUT2D eigenvalue weighted by atomic mass is 16.4. The van der Waals surface area contributed by atoms with Gasteiger partial charge in [0.25, 0.3) is 0 Å². The van der Waals surface area contributed by atoms with Crippen molar-refractivity contribution in [3.8, 4) is 0 Å². The predicted octanol–water partition coefficient (Wildman–Crippen LogP) is 5.69. The molecule has 2 N–H and O–H groups in total. The molecule has 0 aliphatic rings. The molecular weight excluding hydrogens is 328 g/mol. The van der Waals surface area contributed by atoms with E-state index in [4.69, 9.17) is 10.2 Å². The maximum Gasteiger partial charge on any atom is 0.311 e. The SMILES string of the molecule is C=C(C=CC(=C)C(CC(=O)O)C(=O)O)C(=C)C(=C)CCCCCCCC. The maximum absolute atomic E-state index is 11.2. The van der Waals surface area contributed by atoms with Crippen LogP contribution in [-0.2, 0) is 9.59 Å². The topological polar surface area (TPSA) is 74.6 Å². The molecule has 0 saturated heterocycles. The van der Waals surface area contributed by atoms with Gasteiger partial charge in [0, 0.05) is 0 Å². The number of carboxylic acids is 2. The fourth-order valence-electron chi connectivity index (χ4n) is 2.47. The average molecular weight is 360 g/mol. The smallest absolute Gasteiger partial charge is 0.311 e. The fourth-order valence-corrected chi connectivity index (χ4v) is 2.47. The van der Waals surface area contributed by atoms with Gasteiger partial charge in [-0.2, -0.15) is 0 Å². The van der Waals surface area contributed by atoms with Crippen LogP contribution in [0.25, 0.3) is 0 Å². The number of unbranched alkanes of at least 4 members (excludes halogenated alkanes) is 5. The molecule has 0 spiro atoms. The Bertz CT molecular complexity index is 581. The van der Waals surface area contributed by atoms with E-state index in [0.717, 1.165) is 24.0 Å². The Morgan fingerprint density at radius 1 is 0.923 bits per heavy atom. The molecule has 26 heavy (non-hydrogen) atoms. The van der Waals surface area contributed by atoms with E-state index in [1.54, 1.807) is 6.08 Å². The molecule has 144 valence electrons. The highest BCUT2D eigenvalue weighted by Gasteiger charge is 2.22. The molecule has 0 aromatic heterocycles. The van der Waals surface area contributed by atoms with Crippen LogP contribution in [0.3, 0.4) is 0 Å². The van der Waals surface area contributed by atoms with Crippen LogP contribution in [0.5, 0.6) is 0 Å². The number of rotatable bonds is 15. The molecule has 0 aliphatic heterocycles. The Morgan fingerprint density at radius 3 is 2.04 bits per heavy atom. The van der Waals surface area contributed by atoms with Crippen LogP contribution in [0.1, 0.15) is 58.3 Å². The van der Waals surface area contributed by atoms with Gasteiger partial charge in [-0.25, -0.2) is 0 Å². The number of hydrogen-bond acceptors (Lipinski definition) is 2. The molecule has 0 amide bonds. The van der Waals surface area contributed by atoms with Gasteiger partial charge in [0.05, 0.1) is 12.3 Å². The van der Waals surface area contributed by atoms with Crippen molar-refractivity contribution in [2.45, 2.75) is 58.3 Å². The molecule has 0 aromatic carbocycles. The first-order valence-corrected chi connectivity index (χ1v) is 9.08. The van der Waals surface area contributed by atoms with Gasteiger partial charge in [-0.05, 0) is 35.1 Å². The van der Waals surface area contributed by atoms with Crippen LogP contribution in [-0.4, -0.2) is 22.2 Å². The standard InChI is InChI=1S/C22H32O4/c1-6-7-8-9-10-11-12-16(2)19(5)17(3)13-14-18(4)20(22(25)26)15-21(23)24/h13-14,20H,2-12,15H2,1H3,(H,23,24)(H,25,26). The molecule has 1 unspecified atom stereocenters. The lowest BCUT2D eigenvalue weighted by molar-refractivity contribution is -0.146. The second kappa shape index (κ2) is 12.9. The summed E-state index contributed by atoms with van der Waals surface area (Å²) in [6.45, 7) is 17.8. The van der Waals surface area contributed by atoms with Crippen LogP contribution in [0.2, 0.25) is 0 Å². The molecular formula is C22H32O4. The summed E-state index contributed by atoms with van der Waals surface area (Å²) >= 11 is 0. The Labute approximate surface area is 157 Å². The normalized spacial score (nSPS) is 11.9. The number of aliphatic carboxylic acids is 2. The summed E-state index contributed by atoms with van der Waals surface area (Å²) in [5, 5.41) is 17.9. The minimum Gasteiger partial charge on any atom is -0.481 e. The predicted molar refractivity (Wildman–Crippen MR) is 107 cm³/mol. The second-order valence-electron chi connectivity index (χ2n) is 6.52. The first-order chi connectivity index (χ1) is 12.2. The molecule has 0 aliphatic carbocycles. The van der Waals surface area contributed by atoms with Gasteiger partial charge in [-0.1, -0.05) is 77.5 Å². The Balaban J connectivity index is 4.50. The molecule has 4 heteroatoms. The van der Waals surface area contributed by atoms with Gasteiger partial charge in [0.1, 0.15) is 0 Å². The van der Waals surface area contributed by atoms with Gasteiger partial charge in [-0.15, -0.1) is 0 Å². The van der Waals surface area contributed by atoms with E-state index in [2.05, 4.69) is 33.2 Å². The van der Waals surface area contributed by atoms with Gasteiger partial charge in [-0.3, -0.25) is 9.59 Å². The van der Waals surface area contributed by atoms with Crippen molar-refractivity contribution in [3.63, 3.8) is 0 Å². The van der Waals surface area contributed by atoms with E-state index in [0.29, 0.717) is 5.57 Å². The van der Waals surface area contributed by atoms with Crippen LogP contribution >= 0.6 is 0 Å². The van der Waals surface area contributed by atoms with E-state index in [1.165, 1.54) is 38.2 Å². The summed E-state index contributed by atoms with van der Waals surface area (Å²) in [5.41, 5.74) is 2.49. The summed E-state index contributed by atoms with van der Waals surface area (Å²) in [6, 6.07) is 0. The largest absolute Gasteiger partial charge is 0.481 e. The van der Waals surface area contributed by atoms with Crippen molar-refractivity contribution in [3.05, 3.63) is 60.8 Å². The Morgan fingerprint density at radius 2 is 1.50 bits per heavy atom. The van der Waals surface area contributed by atoms with Crippen LogP contribution in [0, 0.1) is 5.92 Å². The maximum atomic E-state index is 11.2. The first kappa shape index (κ1) is 23.6. The first-order valence-electron chi connectivity index (χ1n) is 9.08. The average Bonchev–Trinajstić information content (AvgIpc) is 2.58. The van der Waals surface area contributed by atoms with Crippen molar-refractivity contribution in [2.24, 2.45) is 5.92 Å². The lowest BCUT2D eigenvalue weighted by Crippen LogP contribution is -2.18. The van der Waals surface area contributed by atoms with E-state index < -0.39 is 24.3 Å². The summed E-state index contributed by atoms with van der Waals surface area (Å²) < 4.78 is 0. The van der Waals surface area contributed by atoms with Crippen molar-refractivity contribution in [1.29, 1.82) is 0 Å².